The highest BCUT2D eigenvalue weighted by Gasteiger charge is 2.24. The van der Waals surface area contributed by atoms with Crippen molar-refractivity contribution in [2.24, 2.45) is 0 Å². The Morgan fingerprint density at radius 3 is 2.67 bits per heavy atom. The third-order valence-corrected chi connectivity index (χ3v) is 3.93. The maximum Gasteiger partial charge on any atom is 0.331 e. The van der Waals surface area contributed by atoms with Gasteiger partial charge in [0.05, 0.1) is 0 Å². The van der Waals surface area contributed by atoms with Gasteiger partial charge in [0.1, 0.15) is 6.10 Å². The summed E-state index contributed by atoms with van der Waals surface area (Å²) in [6.45, 7) is 0. The molecule has 1 aromatic carbocycles. The van der Waals surface area contributed by atoms with Crippen LogP contribution in [-0.2, 0) is 9.53 Å². The average molecular weight is 256 g/mol. The van der Waals surface area contributed by atoms with Gasteiger partial charge in [0, 0.05) is 17.4 Å². The predicted octanol–water partition coefficient (Wildman–Crippen LogP) is 3.82. The van der Waals surface area contributed by atoms with E-state index in [0.29, 0.717) is 0 Å². The summed E-state index contributed by atoms with van der Waals surface area (Å²) in [5.74, 6) is -0.251. The molecule has 0 saturated carbocycles. The molecule has 2 aromatic rings. The van der Waals surface area contributed by atoms with Gasteiger partial charge in [0.15, 0.2) is 0 Å². The molecule has 0 N–H and O–H groups in total. The highest BCUT2D eigenvalue weighted by molar-refractivity contribution is 7.10. The van der Waals surface area contributed by atoms with Crippen LogP contribution in [0.4, 0.5) is 0 Å². The Morgan fingerprint density at radius 1 is 1.11 bits per heavy atom. The lowest BCUT2D eigenvalue weighted by Gasteiger charge is -2.22. The molecule has 90 valence electrons. The van der Waals surface area contributed by atoms with Crippen LogP contribution in [-0.4, -0.2) is 5.97 Å². The van der Waals surface area contributed by atoms with Crippen LogP contribution in [0.1, 0.15) is 23.0 Å². The second kappa shape index (κ2) is 4.78. The number of hydrogen-bond donors (Lipinski definition) is 0. The molecule has 1 aliphatic rings. The van der Waals surface area contributed by atoms with Crippen LogP contribution in [0.2, 0.25) is 0 Å². The first-order valence-electron chi connectivity index (χ1n) is 5.83. The molecule has 1 atom stereocenters. The minimum atomic E-state index is -0.251. The number of esters is 1. The molecule has 0 saturated heterocycles. The molecule has 2 heterocycles. The fourth-order valence-electron chi connectivity index (χ4n) is 2.10. The SMILES string of the molecule is O=C1C=C(c2ccccc2)C[C@H](c2cccs2)O1. The van der Waals surface area contributed by atoms with Gasteiger partial charge in [0.25, 0.3) is 0 Å². The first-order chi connectivity index (χ1) is 8.83. The van der Waals surface area contributed by atoms with Gasteiger partial charge in [-0.3, -0.25) is 0 Å². The van der Waals surface area contributed by atoms with E-state index >= 15 is 0 Å². The van der Waals surface area contributed by atoms with Gasteiger partial charge in [0.2, 0.25) is 0 Å². The van der Waals surface area contributed by atoms with Crippen molar-refractivity contribution in [3.05, 3.63) is 64.4 Å². The Bertz CT molecular complexity index is 570. The Balaban J connectivity index is 1.90. The van der Waals surface area contributed by atoms with Crippen LogP contribution in [0.3, 0.4) is 0 Å². The van der Waals surface area contributed by atoms with E-state index in [0.717, 1.165) is 22.4 Å². The molecular weight excluding hydrogens is 244 g/mol. The van der Waals surface area contributed by atoms with Crippen LogP contribution in [0.15, 0.2) is 53.9 Å². The average Bonchev–Trinajstić information content (AvgIpc) is 2.93. The lowest BCUT2D eigenvalue weighted by Crippen LogP contribution is -2.14. The minimum Gasteiger partial charge on any atom is -0.453 e. The van der Waals surface area contributed by atoms with Crippen molar-refractivity contribution >= 4 is 22.9 Å². The van der Waals surface area contributed by atoms with Gasteiger partial charge in [-0.15, -0.1) is 11.3 Å². The number of rotatable bonds is 2. The van der Waals surface area contributed by atoms with E-state index in [9.17, 15) is 4.79 Å². The van der Waals surface area contributed by atoms with Crippen molar-refractivity contribution in [2.75, 3.05) is 0 Å². The summed E-state index contributed by atoms with van der Waals surface area (Å²) >= 11 is 1.62. The summed E-state index contributed by atoms with van der Waals surface area (Å²) in [6, 6.07) is 14.0. The Kier molecular flexibility index (Phi) is 2.99. The molecule has 0 bridgehead atoms. The zero-order valence-electron chi connectivity index (χ0n) is 9.71. The predicted molar refractivity (Wildman–Crippen MR) is 72.2 cm³/mol. The first kappa shape index (κ1) is 11.2. The number of carbonyl (C=O) groups excluding carboxylic acids is 1. The first-order valence-corrected chi connectivity index (χ1v) is 6.71. The van der Waals surface area contributed by atoms with Gasteiger partial charge in [-0.25, -0.2) is 4.79 Å². The Morgan fingerprint density at radius 2 is 1.94 bits per heavy atom. The fourth-order valence-corrected chi connectivity index (χ4v) is 2.86. The summed E-state index contributed by atoms with van der Waals surface area (Å²) < 4.78 is 5.38. The van der Waals surface area contributed by atoms with E-state index in [1.165, 1.54) is 0 Å². The van der Waals surface area contributed by atoms with Gasteiger partial charge in [-0.1, -0.05) is 36.4 Å². The molecule has 1 aliphatic heterocycles. The second-order valence-electron chi connectivity index (χ2n) is 4.18. The van der Waals surface area contributed by atoms with Crippen molar-refractivity contribution < 1.29 is 9.53 Å². The highest BCUT2D eigenvalue weighted by atomic mass is 32.1. The number of cyclic esters (lactones) is 1. The zero-order valence-corrected chi connectivity index (χ0v) is 10.5. The molecule has 2 nitrogen and oxygen atoms in total. The van der Waals surface area contributed by atoms with Crippen LogP contribution in [0.25, 0.3) is 5.57 Å². The van der Waals surface area contributed by atoms with E-state index in [2.05, 4.69) is 0 Å². The lowest BCUT2D eigenvalue weighted by atomic mass is 9.97. The molecular formula is C15H12O2S. The molecule has 3 rings (SSSR count). The van der Waals surface area contributed by atoms with Crippen molar-refractivity contribution in [3.63, 3.8) is 0 Å². The molecule has 1 aromatic heterocycles. The van der Waals surface area contributed by atoms with E-state index < -0.39 is 0 Å². The summed E-state index contributed by atoms with van der Waals surface area (Å²) in [4.78, 5) is 12.8. The van der Waals surface area contributed by atoms with Gasteiger partial charge in [-0.2, -0.15) is 0 Å². The molecule has 0 radical (unpaired) electrons. The van der Waals surface area contributed by atoms with Crippen molar-refractivity contribution in [3.8, 4) is 0 Å². The fraction of sp³-hybridized carbons (Fsp3) is 0.133. The highest BCUT2D eigenvalue weighted by Crippen LogP contribution is 2.35. The molecule has 0 spiro atoms. The minimum absolute atomic E-state index is 0.141. The molecule has 0 aliphatic carbocycles. The van der Waals surface area contributed by atoms with Crippen LogP contribution in [0.5, 0.6) is 0 Å². The topological polar surface area (TPSA) is 26.3 Å². The standard InChI is InChI=1S/C15H12O2S/c16-15-10-12(11-5-2-1-3-6-11)9-13(17-15)14-7-4-8-18-14/h1-8,10,13H,9H2/t13-/m1/s1. The number of carbonyl (C=O) groups is 1. The van der Waals surface area contributed by atoms with Gasteiger partial charge >= 0.3 is 5.97 Å². The van der Waals surface area contributed by atoms with Gasteiger partial charge < -0.3 is 4.74 Å². The lowest BCUT2D eigenvalue weighted by molar-refractivity contribution is -0.143. The molecule has 0 amide bonds. The van der Waals surface area contributed by atoms with E-state index in [1.54, 1.807) is 17.4 Å². The van der Waals surface area contributed by atoms with Crippen LogP contribution >= 0.6 is 11.3 Å². The van der Waals surface area contributed by atoms with E-state index in [1.807, 2.05) is 47.8 Å². The third kappa shape index (κ3) is 2.22. The Labute approximate surface area is 110 Å². The smallest absolute Gasteiger partial charge is 0.331 e. The quantitative estimate of drug-likeness (QED) is 0.763. The maximum absolute atomic E-state index is 11.7. The van der Waals surface area contributed by atoms with Crippen LogP contribution < -0.4 is 0 Å². The number of hydrogen-bond acceptors (Lipinski definition) is 3. The monoisotopic (exact) mass is 256 g/mol. The second-order valence-corrected chi connectivity index (χ2v) is 5.16. The van der Waals surface area contributed by atoms with E-state index in [4.69, 9.17) is 4.74 Å². The number of benzene rings is 1. The molecule has 3 heteroatoms. The zero-order chi connectivity index (χ0) is 12.4. The van der Waals surface area contributed by atoms with E-state index in [-0.39, 0.29) is 12.1 Å². The van der Waals surface area contributed by atoms with Crippen molar-refractivity contribution in [2.45, 2.75) is 12.5 Å². The van der Waals surface area contributed by atoms with Crippen molar-refractivity contribution in [1.29, 1.82) is 0 Å². The molecule has 0 unspecified atom stereocenters. The van der Waals surface area contributed by atoms with Gasteiger partial charge in [-0.05, 0) is 22.6 Å². The number of thiophene rings is 1. The third-order valence-electron chi connectivity index (χ3n) is 2.96. The maximum atomic E-state index is 11.7. The largest absolute Gasteiger partial charge is 0.453 e. The Hall–Kier alpha value is -1.87. The summed E-state index contributed by atoms with van der Waals surface area (Å²) in [6.07, 6.45) is 2.20. The molecule has 0 fully saturated rings. The van der Waals surface area contributed by atoms with Crippen molar-refractivity contribution in [1.82, 2.24) is 0 Å². The molecule has 18 heavy (non-hydrogen) atoms. The summed E-state index contributed by atoms with van der Waals surface area (Å²) in [5.41, 5.74) is 2.14. The number of ether oxygens (including phenoxy) is 1. The summed E-state index contributed by atoms with van der Waals surface area (Å²) in [5, 5.41) is 2.00. The summed E-state index contributed by atoms with van der Waals surface area (Å²) in [7, 11) is 0. The normalized spacial score (nSPS) is 19.2. The van der Waals surface area contributed by atoms with Crippen LogP contribution in [0, 0.1) is 0 Å².